The van der Waals surface area contributed by atoms with Gasteiger partial charge in [-0.25, -0.2) is 0 Å². The Kier molecular flexibility index (Phi) is 4.51. The Morgan fingerprint density at radius 1 is 1.21 bits per heavy atom. The van der Waals surface area contributed by atoms with Gasteiger partial charge in [0, 0.05) is 17.6 Å². The Bertz CT molecular complexity index is 403. The van der Waals surface area contributed by atoms with E-state index in [1.807, 2.05) is 12.1 Å². The van der Waals surface area contributed by atoms with Crippen LogP contribution in [0.15, 0.2) is 24.3 Å². The van der Waals surface area contributed by atoms with Crippen molar-refractivity contribution in [2.24, 2.45) is 5.41 Å². The Balaban J connectivity index is 1.96. The molecule has 1 fully saturated rings. The summed E-state index contributed by atoms with van der Waals surface area (Å²) in [6, 6.07) is 9.30. The molecule has 1 saturated carbocycles. The smallest absolute Gasteiger partial charge is 0.123 e. The number of para-hydroxylation sites is 1. The van der Waals surface area contributed by atoms with E-state index in [-0.39, 0.29) is 0 Å². The fourth-order valence-corrected chi connectivity index (χ4v) is 3.03. The highest BCUT2D eigenvalue weighted by Gasteiger charge is 2.27. The molecule has 1 unspecified atom stereocenters. The average Bonchev–Trinajstić information content (AvgIpc) is 2.41. The molecular weight excluding hydrogens is 234 g/mol. The van der Waals surface area contributed by atoms with E-state index in [4.69, 9.17) is 4.74 Å². The summed E-state index contributed by atoms with van der Waals surface area (Å²) in [7, 11) is 1.74. The van der Waals surface area contributed by atoms with Crippen molar-refractivity contribution >= 4 is 0 Å². The second-order valence-corrected chi connectivity index (χ2v) is 6.57. The first-order chi connectivity index (χ1) is 9.02. The number of hydrogen-bond acceptors (Lipinski definition) is 2. The molecule has 1 aromatic carbocycles. The summed E-state index contributed by atoms with van der Waals surface area (Å²) in [6.07, 6.45) is 5.21. The highest BCUT2D eigenvalue weighted by atomic mass is 16.5. The maximum absolute atomic E-state index is 5.45. The molecule has 0 saturated heterocycles. The van der Waals surface area contributed by atoms with Crippen LogP contribution in [0.25, 0.3) is 0 Å². The largest absolute Gasteiger partial charge is 0.496 e. The van der Waals surface area contributed by atoms with Crippen LogP contribution in [-0.4, -0.2) is 13.2 Å². The first kappa shape index (κ1) is 14.4. The van der Waals surface area contributed by atoms with Crippen LogP contribution in [0.5, 0.6) is 5.75 Å². The van der Waals surface area contributed by atoms with Gasteiger partial charge in [0.2, 0.25) is 0 Å². The lowest BCUT2D eigenvalue weighted by Gasteiger charge is -2.36. The molecule has 2 heteroatoms. The SMILES string of the molecule is COc1ccccc1C(C)NC1CCC(C)(C)CC1. The molecule has 0 aromatic heterocycles. The van der Waals surface area contributed by atoms with E-state index in [0.717, 1.165) is 5.75 Å². The molecule has 1 aliphatic carbocycles. The monoisotopic (exact) mass is 261 g/mol. The van der Waals surface area contributed by atoms with Crippen molar-refractivity contribution in [1.29, 1.82) is 0 Å². The van der Waals surface area contributed by atoms with Gasteiger partial charge in [-0.2, -0.15) is 0 Å². The number of hydrogen-bond donors (Lipinski definition) is 1. The number of methoxy groups -OCH3 is 1. The highest BCUT2D eigenvalue weighted by Crippen LogP contribution is 2.36. The molecule has 19 heavy (non-hydrogen) atoms. The molecule has 2 rings (SSSR count). The third kappa shape index (κ3) is 3.73. The van der Waals surface area contributed by atoms with Crippen LogP contribution >= 0.6 is 0 Å². The Morgan fingerprint density at radius 2 is 1.84 bits per heavy atom. The fraction of sp³-hybridized carbons (Fsp3) is 0.647. The zero-order valence-electron chi connectivity index (χ0n) is 12.7. The van der Waals surface area contributed by atoms with Crippen LogP contribution in [0.4, 0.5) is 0 Å². The van der Waals surface area contributed by atoms with E-state index in [0.29, 0.717) is 17.5 Å². The Hall–Kier alpha value is -1.02. The third-order valence-electron chi connectivity index (χ3n) is 4.43. The lowest BCUT2D eigenvalue weighted by Crippen LogP contribution is -2.37. The van der Waals surface area contributed by atoms with Crippen molar-refractivity contribution in [2.45, 2.75) is 58.5 Å². The molecule has 0 spiro atoms. The highest BCUT2D eigenvalue weighted by molar-refractivity contribution is 5.35. The lowest BCUT2D eigenvalue weighted by atomic mass is 9.75. The first-order valence-electron chi connectivity index (χ1n) is 7.41. The second kappa shape index (κ2) is 5.96. The van der Waals surface area contributed by atoms with Gasteiger partial charge in [-0.05, 0) is 44.1 Å². The maximum Gasteiger partial charge on any atom is 0.123 e. The molecule has 0 radical (unpaired) electrons. The number of benzene rings is 1. The summed E-state index contributed by atoms with van der Waals surface area (Å²) in [4.78, 5) is 0. The minimum atomic E-state index is 0.349. The molecular formula is C17H27NO. The van der Waals surface area contributed by atoms with Crippen molar-refractivity contribution in [3.8, 4) is 5.75 Å². The van der Waals surface area contributed by atoms with E-state index < -0.39 is 0 Å². The summed E-state index contributed by atoms with van der Waals surface area (Å²) in [6.45, 7) is 7.00. The molecule has 1 aliphatic rings. The van der Waals surface area contributed by atoms with Crippen LogP contribution in [0, 0.1) is 5.41 Å². The fourth-order valence-electron chi connectivity index (χ4n) is 3.03. The first-order valence-corrected chi connectivity index (χ1v) is 7.41. The number of ether oxygens (including phenoxy) is 1. The number of nitrogens with one attached hydrogen (secondary N) is 1. The van der Waals surface area contributed by atoms with E-state index in [9.17, 15) is 0 Å². The Morgan fingerprint density at radius 3 is 2.47 bits per heavy atom. The third-order valence-corrected chi connectivity index (χ3v) is 4.43. The van der Waals surface area contributed by atoms with Crippen LogP contribution in [0.3, 0.4) is 0 Å². The van der Waals surface area contributed by atoms with Crippen LogP contribution in [0.2, 0.25) is 0 Å². The molecule has 0 heterocycles. The second-order valence-electron chi connectivity index (χ2n) is 6.57. The molecule has 106 valence electrons. The zero-order chi connectivity index (χ0) is 13.9. The average molecular weight is 261 g/mol. The standard InChI is InChI=1S/C17H27NO/c1-13(15-7-5-6-8-16(15)19-4)18-14-9-11-17(2,3)12-10-14/h5-8,13-14,18H,9-12H2,1-4H3. The molecule has 2 nitrogen and oxygen atoms in total. The van der Waals surface area contributed by atoms with E-state index in [1.165, 1.54) is 31.2 Å². The van der Waals surface area contributed by atoms with Crippen molar-refractivity contribution in [1.82, 2.24) is 5.32 Å². The van der Waals surface area contributed by atoms with Gasteiger partial charge in [0.1, 0.15) is 5.75 Å². The topological polar surface area (TPSA) is 21.3 Å². The molecule has 0 bridgehead atoms. The quantitative estimate of drug-likeness (QED) is 0.871. The Labute approximate surface area is 117 Å². The van der Waals surface area contributed by atoms with E-state index in [2.05, 4.69) is 38.2 Å². The molecule has 1 aromatic rings. The van der Waals surface area contributed by atoms with Crippen LogP contribution in [-0.2, 0) is 0 Å². The summed E-state index contributed by atoms with van der Waals surface area (Å²) in [5.41, 5.74) is 1.79. The van der Waals surface area contributed by atoms with E-state index in [1.54, 1.807) is 7.11 Å². The summed E-state index contributed by atoms with van der Waals surface area (Å²) in [5, 5.41) is 3.77. The zero-order valence-corrected chi connectivity index (χ0v) is 12.7. The minimum absolute atomic E-state index is 0.349. The summed E-state index contributed by atoms with van der Waals surface area (Å²) in [5.74, 6) is 0.985. The van der Waals surface area contributed by atoms with Gasteiger partial charge in [-0.1, -0.05) is 32.0 Å². The maximum atomic E-state index is 5.45. The molecule has 0 amide bonds. The van der Waals surface area contributed by atoms with Gasteiger partial charge in [-0.3, -0.25) is 0 Å². The summed E-state index contributed by atoms with van der Waals surface area (Å²) < 4.78 is 5.45. The van der Waals surface area contributed by atoms with Crippen molar-refractivity contribution < 1.29 is 4.74 Å². The van der Waals surface area contributed by atoms with Crippen molar-refractivity contribution in [2.75, 3.05) is 7.11 Å². The predicted molar refractivity (Wildman–Crippen MR) is 80.6 cm³/mol. The molecule has 0 aliphatic heterocycles. The van der Waals surface area contributed by atoms with Crippen LogP contribution < -0.4 is 10.1 Å². The molecule has 1 N–H and O–H groups in total. The van der Waals surface area contributed by atoms with E-state index >= 15 is 0 Å². The van der Waals surface area contributed by atoms with Crippen LogP contribution in [0.1, 0.15) is 58.1 Å². The van der Waals surface area contributed by atoms with Crippen molar-refractivity contribution in [3.63, 3.8) is 0 Å². The van der Waals surface area contributed by atoms with Gasteiger partial charge in [0.25, 0.3) is 0 Å². The van der Waals surface area contributed by atoms with Gasteiger partial charge in [0.05, 0.1) is 7.11 Å². The van der Waals surface area contributed by atoms with Crippen molar-refractivity contribution in [3.05, 3.63) is 29.8 Å². The van der Waals surface area contributed by atoms with Gasteiger partial charge in [-0.15, -0.1) is 0 Å². The predicted octanol–water partition coefficient (Wildman–Crippen LogP) is 4.31. The lowest BCUT2D eigenvalue weighted by molar-refractivity contribution is 0.199. The minimum Gasteiger partial charge on any atom is -0.496 e. The number of rotatable bonds is 4. The van der Waals surface area contributed by atoms with Gasteiger partial charge in [0.15, 0.2) is 0 Å². The normalized spacial score (nSPS) is 21.1. The van der Waals surface area contributed by atoms with Gasteiger partial charge < -0.3 is 10.1 Å². The summed E-state index contributed by atoms with van der Waals surface area (Å²) >= 11 is 0. The molecule has 1 atom stereocenters. The van der Waals surface area contributed by atoms with Gasteiger partial charge >= 0.3 is 0 Å².